The van der Waals surface area contributed by atoms with E-state index in [1.54, 1.807) is 13.8 Å². The Labute approximate surface area is 159 Å². The van der Waals surface area contributed by atoms with Crippen molar-refractivity contribution in [2.45, 2.75) is 13.8 Å². The fourth-order valence-electron chi connectivity index (χ4n) is 3.24. The van der Waals surface area contributed by atoms with Gasteiger partial charge in [-0.2, -0.15) is 0 Å². The number of carbonyl (C=O) groups is 1. The first-order chi connectivity index (χ1) is 13.5. The second-order valence-corrected chi connectivity index (χ2v) is 6.27. The molecule has 2 aromatic carbocycles. The predicted octanol–water partition coefficient (Wildman–Crippen LogP) is 4.05. The Morgan fingerprint density at radius 2 is 1.79 bits per heavy atom. The molecule has 0 atom stereocenters. The van der Waals surface area contributed by atoms with Crippen molar-refractivity contribution < 1.29 is 18.4 Å². The quantitative estimate of drug-likeness (QED) is 0.305. The average Bonchev–Trinajstić information content (AvgIpc) is 2.70. The van der Waals surface area contributed by atoms with E-state index >= 15 is 0 Å². The Kier molecular flexibility index (Phi) is 4.31. The summed E-state index contributed by atoms with van der Waals surface area (Å²) in [5, 5.41) is 0.536. The van der Waals surface area contributed by atoms with Gasteiger partial charge in [-0.1, -0.05) is 30.3 Å². The summed E-state index contributed by atoms with van der Waals surface area (Å²) in [4.78, 5) is 37.3. The predicted molar refractivity (Wildman–Crippen MR) is 105 cm³/mol. The molecule has 2 heterocycles. The molecule has 4 aromatic rings. The van der Waals surface area contributed by atoms with Gasteiger partial charge in [-0.25, -0.2) is 9.59 Å². The minimum atomic E-state index is -0.687. The van der Waals surface area contributed by atoms with Crippen LogP contribution in [0.25, 0.3) is 33.3 Å². The van der Waals surface area contributed by atoms with Gasteiger partial charge in [0.1, 0.15) is 16.9 Å². The van der Waals surface area contributed by atoms with Gasteiger partial charge < -0.3 is 13.6 Å². The van der Waals surface area contributed by atoms with Gasteiger partial charge >= 0.3 is 11.6 Å². The normalized spacial score (nSPS) is 11.1. The first-order valence-corrected chi connectivity index (χ1v) is 8.78. The number of fused-ring (bicyclic) bond motifs is 3. The van der Waals surface area contributed by atoms with E-state index in [1.807, 2.05) is 30.3 Å². The summed E-state index contributed by atoms with van der Waals surface area (Å²) in [7, 11) is 0. The number of hydrogen-bond acceptors (Lipinski definition) is 6. The van der Waals surface area contributed by atoms with Gasteiger partial charge in [-0.15, -0.1) is 0 Å². The molecule has 0 radical (unpaired) electrons. The zero-order chi connectivity index (χ0) is 19.8. The van der Waals surface area contributed by atoms with E-state index < -0.39 is 11.6 Å². The molecule has 0 unspecified atom stereocenters. The Hall–Kier alpha value is -3.67. The van der Waals surface area contributed by atoms with Crippen molar-refractivity contribution in [2.75, 3.05) is 6.61 Å². The standard InChI is InChI=1S/C22H16O6/c1-3-26-22(25)15-11-17(23)27-16-10-9-14-19(24)12(2)20(28-21(14)18(15)16)13-7-5-4-6-8-13/h4-11H,3H2,1-2H3. The number of rotatable bonds is 3. The third-order valence-corrected chi connectivity index (χ3v) is 4.52. The lowest BCUT2D eigenvalue weighted by molar-refractivity contribution is 0.0528. The summed E-state index contributed by atoms with van der Waals surface area (Å²) in [6.07, 6.45) is 0. The summed E-state index contributed by atoms with van der Waals surface area (Å²) >= 11 is 0. The van der Waals surface area contributed by atoms with E-state index in [4.69, 9.17) is 13.6 Å². The average molecular weight is 376 g/mol. The SMILES string of the molecule is CCOC(=O)c1cc(=O)oc2ccc3c(=O)c(C)c(-c4ccccc4)oc3c12. The lowest BCUT2D eigenvalue weighted by Crippen LogP contribution is -2.12. The summed E-state index contributed by atoms with van der Waals surface area (Å²) in [5.74, 6) is -0.288. The fraction of sp³-hybridized carbons (Fsp3) is 0.136. The summed E-state index contributed by atoms with van der Waals surface area (Å²) < 4.78 is 16.4. The molecule has 140 valence electrons. The maximum Gasteiger partial charge on any atom is 0.339 e. The van der Waals surface area contributed by atoms with Crippen molar-refractivity contribution >= 4 is 27.9 Å². The van der Waals surface area contributed by atoms with Crippen molar-refractivity contribution in [3.63, 3.8) is 0 Å². The summed E-state index contributed by atoms with van der Waals surface area (Å²) in [6, 6.07) is 13.3. The summed E-state index contributed by atoms with van der Waals surface area (Å²) in [5.41, 5.74) is 0.604. The van der Waals surface area contributed by atoms with Gasteiger partial charge in [0.05, 0.1) is 22.9 Å². The lowest BCUT2D eigenvalue weighted by Gasteiger charge is -2.10. The van der Waals surface area contributed by atoms with E-state index in [1.165, 1.54) is 12.1 Å². The molecule has 6 nitrogen and oxygen atoms in total. The number of carbonyl (C=O) groups excluding carboxylic acids is 1. The van der Waals surface area contributed by atoms with E-state index in [0.29, 0.717) is 16.7 Å². The zero-order valence-corrected chi connectivity index (χ0v) is 15.3. The molecule has 0 saturated heterocycles. The topological polar surface area (TPSA) is 86.7 Å². The van der Waals surface area contributed by atoms with Crippen LogP contribution in [0.3, 0.4) is 0 Å². The van der Waals surface area contributed by atoms with Crippen LogP contribution in [0.5, 0.6) is 0 Å². The molecule has 0 aliphatic rings. The molecule has 0 spiro atoms. The molecule has 28 heavy (non-hydrogen) atoms. The smallest absolute Gasteiger partial charge is 0.339 e. The highest BCUT2D eigenvalue weighted by Gasteiger charge is 2.21. The molecule has 0 fully saturated rings. The van der Waals surface area contributed by atoms with Crippen molar-refractivity contribution in [3.8, 4) is 11.3 Å². The number of esters is 1. The Balaban J connectivity index is 2.18. The highest BCUT2D eigenvalue weighted by molar-refractivity contribution is 6.13. The highest BCUT2D eigenvalue weighted by Crippen LogP contribution is 2.31. The highest BCUT2D eigenvalue weighted by atomic mass is 16.5. The van der Waals surface area contributed by atoms with Gasteiger partial charge in [-0.3, -0.25) is 4.79 Å². The van der Waals surface area contributed by atoms with Crippen molar-refractivity contribution in [3.05, 3.63) is 80.3 Å². The number of benzene rings is 2. The second kappa shape index (κ2) is 6.81. The van der Waals surface area contributed by atoms with E-state index in [-0.39, 0.29) is 34.2 Å². The first kappa shape index (κ1) is 17.7. The second-order valence-electron chi connectivity index (χ2n) is 6.27. The van der Waals surface area contributed by atoms with Crippen molar-refractivity contribution in [1.82, 2.24) is 0 Å². The van der Waals surface area contributed by atoms with Crippen LogP contribution in [0, 0.1) is 6.92 Å². The molecule has 0 saturated carbocycles. The Morgan fingerprint density at radius 1 is 1.04 bits per heavy atom. The summed E-state index contributed by atoms with van der Waals surface area (Å²) in [6.45, 7) is 3.50. The molecule has 4 rings (SSSR count). The molecule has 2 aromatic heterocycles. The van der Waals surface area contributed by atoms with E-state index in [2.05, 4.69) is 0 Å². The van der Waals surface area contributed by atoms with Crippen LogP contribution in [0.15, 0.2) is 67.0 Å². The Bertz CT molecular complexity index is 1330. The Morgan fingerprint density at radius 3 is 2.50 bits per heavy atom. The van der Waals surface area contributed by atoms with Gasteiger partial charge in [0.15, 0.2) is 5.43 Å². The van der Waals surface area contributed by atoms with E-state index in [0.717, 1.165) is 11.6 Å². The maximum absolute atomic E-state index is 13.0. The van der Waals surface area contributed by atoms with Gasteiger partial charge in [0.25, 0.3) is 0 Å². The van der Waals surface area contributed by atoms with Crippen LogP contribution in [-0.4, -0.2) is 12.6 Å². The van der Waals surface area contributed by atoms with Crippen LogP contribution in [0.2, 0.25) is 0 Å². The molecular weight excluding hydrogens is 360 g/mol. The van der Waals surface area contributed by atoms with Gasteiger partial charge in [0, 0.05) is 17.2 Å². The van der Waals surface area contributed by atoms with Crippen molar-refractivity contribution in [2.24, 2.45) is 0 Å². The maximum atomic E-state index is 13.0. The lowest BCUT2D eigenvalue weighted by atomic mass is 10.0. The third kappa shape index (κ3) is 2.79. The van der Waals surface area contributed by atoms with E-state index in [9.17, 15) is 14.4 Å². The van der Waals surface area contributed by atoms with Crippen LogP contribution < -0.4 is 11.1 Å². The molecule has 0 aliphatic heterocycles. The molecule has 0 bridgehead atoms. The minimum absolute atomic E-state index is 0.00437. The first-order valence-electron chi connectivity index (χ1n) is 8.78. The van der Waals surface area contributed by atoms with Gasteiger partial charge in [0.2, 0.25) is 0 Å². The van der Waals surface area contributed by atoms with Crippen LogP contribution in [0.1, 0.15) is 22.8 Å². The fourth-order valence-corrected chi connectivity index (χ4v) is 3.24. The van der Waals surface area contributed by atoms with Crippen LogP contribution in [0.4, 0.5) is 0 Å². The number of ether oxygens (including phenoxy) is 1. The number of hydrogen-bond donors (Lipinski definition) is 0. The minimum Gasteiger partial charge on any atom is -0.462 e. The zero-order valence-electron chi connectivity index (χ0n) is 15.3. The molecule has 6 heteroatoms. The van der Waals surface area contributed by atoms with Crippen LogP contribution >= 0.6 is 0 Å². The molecular formula is C22H16O6. The van der Waals surface area contributed by atoms with Gasteiger partial charge in [-0.05, 0) is 26.0 Å². The molecule has 0 N–H and O–H groups in total. The molecule has 0 aliphatic carbocycles. The monoisotopic (exact) mass is 376 g/mol. The molecule has 0 amide bonds. The third-order valence-electron chi connectivity index (χ3n) is 4.52. The largest absolute Gasteiger partial charge is 0.462 e. The van der Waals surface area contributed by atoms with Crippen LogP contribution in [-0.2, 0) is 4.74 Å². The van der Waals surface area contributed by atoms with Crippen molar-refractivity contribution in [1.29, 1.82) is 0 Å².